The summed E-state index contributed by atoms with van der Waals surface area (Å²) in [5, 5.41) is -0.196. The first kappa shape index (κ1) is 14.5. The third-order valence-electron chi connectivity index (χ3n) is 2.24. The Bertz CT molecular complexity index is 462. The Hall–Kier alpha value is -0.590. The second kappa shape index (κ2) is 6.37. The highest BCUT2D eigenvalue weighted by Crippen LogP contribution is 2.29. The van der Waals surface area contributed by atoms with Crippen molar-refractivity contribution in [2.45, 2.75) is 5.25 Å². The summed E-state index contributed by atoms with van der Waals surface area (Å²) >= 11 is 1.37. The summed E-state index contributed by atoms with van der Waals surface area (Å²) in [7, 11) is -2.98. The Labute approximate surface area is 106 Å². The SMILES string of the molecule is CS(=O)(=O)CCSC(CN)c1ccccc1F. The molecular weight excluding hydrogens is 261 g/mol. The van der Waals surface area contributed by atoms with Gasteiger partial charge in [0.15, 0.2) is 0 Å². The van der Waals surface area contributed by atoms with Crippen LogP contribution in [0, 0.1) is 5.82 Å². The van der Waals surface area contributed by atoms with Crippen molar-refractivity contribution in [3.63, 3.8) is 0 Å². The van der Waals surface area contributed by atoms with Crippen LogP contribution in [0.25, 0.3) is 0 Å². The van der Waals surface area contributed by atoms with E-state index in [0.717, 1.165) is 0 Å². The largest absolute Gasteiger partial charge is 0.329 e. The summed E-state index contributed by atoms with van der Waals surface area (Å²) in [4.78, 5) is 0. The zero-order valence-corrected chi connectivity index (χ0v) is 11.2. The summed E-state index contributed by atoms with van der Waals surface area (Å²) in [5.41, 5.74) is 6.12. The molecule has 0 fully saturated rings. The molecule has 1 aromatic rings. The Morgan fingerprint density at radius 1 is 1.41 bits per heavy atom. The van der Waals surface area contributed by atoms with E-state index >= 15 is 0 Å². The van der Waals surface area contributed by atoms with Crippen molar-refractivity contribution >= 4 is 21.6 Å². The first-order chi connectivity index (χ1) is 7.94. The maximum Gasteiger partial charge on any atom is 0.148 e. The van der Waals surface area contributed by atoms with Crippen LogP contribution in [-0.4, -0.2) is 32.7 Å². The van der Waals surface area contributed by atoms with Gasteiger partial charge in [-0.2, -0.15) is 11.8 Å². The van der Waals surface area contributed by atoms with Crippen molar-refractivity contribution in [3.8, 4) is 0 Å². The predicted molar refractivity (Wildman–Crippen MR) is 70.4 cm³/mol. The van der Waals surface area contributed by atoms with E-state index in [1.54, 1.807) is 18.2 Å². The van der Waals surface area contributed by atoms with Crippen LogP contribution in [0.2, 0.25) is 0 Å². The number of hydrogen-bond acceptors (Lipinski definition) is 4. The third-order valence-corrected chi connectivity index (χ3v) is 4.73. The van der Waals surface area contributed by atoms with E-state index in [-0.39, 0.29) is 23.4 Å². The summed E-state index contributed by atoms with van der Waals surface area (Å²) in [6.45, 7) is 0.287. The van der Waals surface area contributed by atoms with Crippen LogP contribution in [0.15, 0.2) is 24.3 Å². The summed E-state index contributed by atoms with van der Waals surface area (Å²) < 4.78 is 35.5. The van der Waals surface area contributed by atoms with Crippen molar-refractivity contribution in [1.82, 2.24) is 0 Å². The van der Waals surface area contributed by atoms with Crippen molar-refractivity contribution in [2.24, 2.45) is 5.73 Å². The molecule has 0 saturated heterocycles. The molecule has 2 N–H and O–H groups in total. The Kier molecular flexibility index (Phi) is 5.42. The number of nitrogens with two attached hydrogens (primary N) is 1. The van der Waals surface area contributed by atoms with Gasteiger partial charge in [-0.25, -0.2) is 12.8 Å². The van der Waals surface area contributed by atoms with Gasteiger partial charge in [0.05, 0.1) is 5.75 Å². The Morgan fingerprint density at radius 2 is 2.06 bits per heavy atom. The lowest BCUT2D eigenvalue weighted by atomic mass is 10.1. The lowest BCUT2D eigenvalue weighted by Gasteiger charge is -2.15. The average Bonchev–Trinajstić information content (AvgIpc) is 2.24. The number of benzene rings is 1. The van der Waals surface area contributed by atoms with Crippen LogP contribution in [0.3, 0.4) is 0 Å². The maximum absolute atomic E-state index is 13.5. The zero-order chi connectivity index (χ0) is 12.9. The molecule has 17 heavy (non-hydrogen) atoms. The van der Waals surface area contributed by atoms with Crippen LogP contribution in [-0.2, 0) is 9.84 Å². The third kappa shape index (κ3) is 5.06. The van der Waals surface area contributed by atoms with Gasteiger partial charge in [0.2, 0.25) is 0 Å². The van der Waals surface area contributed by atoms with Crippen molar-refractivity contribution in [1.29, 1.82) is 0 Å². The first-order valence-corrected chi connectivity index (χ1v) is 8.29. The number of hydrogen-bond donors (Lipinski definition) is 1. The summed E-state index contributed by atoms with van der Waals surface area (Å²) in [6, 6.07) is 6.43. The van der Waals surface area contributed by atoms with Crippen LogP contribution in [0.5, 0.6) is 0 Å². The van der Waals surface area contributed by atoms with Gasteiger partial charge in [0, 0.05) is 29.4 Å². The second-order valence-electron chi connectivity index (χ2n) is 3.75. The average molecular weight is 277 g/mol. The molecule has 0 aliphatic rings. The minimum Gasteiger partial charge on any atom is -0.329 e. The second-order valence-corrected chi connectivity index (χ2v) is 7.32. The van der Waals surface area contributed by atoms with E-state index in [1.165, 1.54) is 24.1 Å². The quantitative estimate of drug-likeness (QED) is 0.858. The molecule has 0 aliphatic heterocycles. The van der Waals surface area contributed by atoms with E-state index in [1.807, 2.05) is 0 Å². The molecule has 0 saturated carbocycles. The van der Waals surface area contributed by atoms with Crippen molar-refractivity contribution in [2.75, 3.05) is 24.3 Å². The van der Waals surface area contributed by atoms with Gasteiger partial charge < -0.3 is 5.73 Å². The van der Waals surface area contributed by atoms with Gasteiger partial charge in [-0.3, -0.25) is 0 Å². The highest BCUT2D eigenvalue weighted by Gasteiger charge is 2.15. The van der Waals surface area contributed by atoms with Crippen LogP contribution in [0.1, 0.15) is 10.8 Å². The molecule has 0 amide bonds. The maximum atomic E-state index is 13.5. The Balaban J connectivity index is 2.64. The molecule has 1 atom stereocenters. The van der Waals surface area contributed by atoms with Gasteiger partial charge in [0.25, 0.3) is 0 Å². The fourth-order valence-electron chi connectivity index (χ4n) is 1.36. The molecule has 0 spiro atoms. The molecule has 96 valence electrons. The molecule has 1 unspecified atom stereocenters. The van der Waals surface area contributed by atoms with E-state index in [9.17, 15) is 12.8 Å². The van der Waals surface area contributed by atoms with Gasteiger partial charge in [-0.15, -0.1) is 0 Å². The fraction of sp³-hybridized carbons (Fsp3) is 0.455. The smallest absolute Gasteiger partial charge is 0.148 e. The predicted octanol–water partition coefficient (Wildman–Crippen LogP) is 1.60. The summed E-state index contributed by atoms with van der Waals surface area (Å²) in [6.07, 6.45) is 1.19. The highest BCUT2D eigenvalue weighted by atomic mass is 32.2. The van der Waals surface area contributed by atoms with E-state index < -0.39 is 9.84 Å². The number of thioether (sulfide) groups is 1. The van der Waals surface area contributed by atoms with Crippen LogP contribution < -0.4 is 5.73 Å². The minimum absolute atomic E-state index is 0.0859. The topological polar surface area (TPSA) is 60.2 Å². The lowest BCUT2D eigenvalue weighted by molar-refractivity contribution is 0.603. The van der Waals surface area contributed by atoms with Crippen molar-refractivity contribution in [3.05, 3.63) is 35.6 Å². The lowest BCUT2D eigenvalue weighted by Crippen LogP contribution is -2.13. The monoisotopic (exact) mass is 277 g/mol. The highest BCUT2D eigenvalue weighted by molar-refractivity contribution is 8.00. The summed E-state index contributed by atoms with van der Waals surface area (Å²) in [5.74, 6) is 0.215. The molecule has 6 heteroatoms. The van der Waals surface area contributed by atoms with E-state index in [0.29, 0.717) is 11.3 Å². The van der Waals surface area contributed by atoms with E-state index in [4.69, 9.17) is 5.73 Å². The number of halogens is 1. The molecular formula is C11H16FNO2S2. The number of sulfone groups is 1. The van der Waals surface area contributed by atoms with Crippen LogP contribution >= 0.6 is 11.8 Å². The standard InChI is InChI=1S/C11H16FNO2S2/c1-17(14,15)7-6-16-11(8-13)9-4-2-3-5-10(9)12/h2-5,11H,6-8,13H2,1H3. The van der Waals surface area contributed by atoms with E-state index in [2.05, 4.69) is 0 Å². The van der Waals surface area contributed by atoms with Gasteiger partial charge in [-0.05, 0) is 6.07 Å². The molecule has 0 bridgehead atoms. The molecule has 0 heterocycles. The normalized spacial score (nSPS) is 13.6. The Morgan fingerprint density at radius 3 is 2.59 bits per heavy atom. The molecule has 0 radical (unpaired) electrons. The van der Waals surface area contributed by atoms with Gasteiger partial charge in [-0.1, -0.05) is 18.2 Å². The first-order valence-electron chi connectivity index (χ1n) is 5.18. The molecule has 1 rings (SSSR count). The molecule has 0 aromatic heterocycles. The fourth-order valence-corrected chi connectivity index (χ4v) is 3.75. The minimum atomic E-state index is -2.98. The van der Waals surface area contributed by atoms with Gasteiger partial charge in [0.1, 0.15) is 15.7 Å². The molecule has 1 aromatic carbocycles. The molecule has 0 aliphatic carbocycles. The molecule has 3 nitrogen and oxygen atoms in total. The van der Waals surface area contributed by atoms with Gasteiger partial charge >= 0.3 is 0 Å². The number of rotatable bonds is 6. The van der Waals surface area contributed by atoms with Crippen molar-refractivity contribution < 1.29 is 12.8 Å². The zero-order valence-electron chi connectivity index (χ0n) is 9.60. The van der Waals surface area contributed by atoms with Crippen LogP contribution in [0.4, 0.5) is 4.39 Å².